The van der Waals surface area contributed by atoms with Crippen LogP contribution in [0.3, 0.4) is 0 Å². The summed E-state index contributed by atoms with van der Waals surface area (Å²) in [6.07, 6.45) is -4.64. The third-order valence-electron chi connectivity index (χ3n) is 4.24. The fraction of sp³-hybridized carbons (Fsp3) is 0.200. The van der Waals surface area contributed by atoms with Crippen LogP contribution in [0.4, 0.5) is 13.2 Å². The molecule has 0 aliphatic carbocycles. The van der Waals surface area contributed by atoms with Crippen LogP contribution in [0.1, 0.15) is 16.2 Å². The number of aromatic hydroxyl groups is 1. The number of nitrogens with one attached hydrogen (secondary N) is 1. The number of halogens is 3. The molecule has 1 aromatic heterocycles. The van der Waals surface area contributed by atoms with Gasteiger partial charge >= 0.3 is 6.18 Å². The summed E-state index contributed by atoms with van der Waals surface area (Å²) >= 11 is 0. The van der Waals surface area contributed by atoms with Gasteiger partial charge in [0, 0.05) is 23.0 Å². The number of carbonyl (C=O) groups excluding carboxylic acids is 1. The van der Waals surface area contributed by atoms with Gasteiger partial charge in [0.05, 0.1) is 0 Å². The number of nitrogens with two attached hydrogens (primary N) is 1. The monoisotopic (exact) mass is 405 g/mol. The van der Waals surface area contributed by atoms with Gasteiger partial charge in [0.25, 0.3) is 5.91 Å². The molecule has 0 fully saturated rings. The first kappa shape index (κ1) is 20.4. The number of hydrogen-bond acceptors (Lipinski definition) is 5. The Morgan fingerprint density at radius 3 is 2.52 bits per heavy atom. The first-order valence-electron chi connectivity index (χ1n) is 8.63. The molecule has 152 valence electrons. The minimum Gasteiger partial charge on any atom is -0.505 e. The molecule has 0 saturated heterocycles. The van der Waals surface area contributed by atoms with Crippen LogP contribution < -0.4 is 15.8 Å². The number of benzene rings is 2. The summed E-state index contributed by atoms with van der Waals surface area (Å²) in [5.41, 5.74) is 5.01. The number of aromatic nitrogens is 1. The van der Waals surface area contributed by atoms with Crippen LogP contribution in [-0.2, 0) is 0 Å². The lowest BCUT2D eigenvalue weighted by atomic mass is 10.1. The van der Waals surface area contributed by atoms with Gasteiger partial charge in [0.15, 0.2) is 11.4 Å². The number of amides is 1. The summed E-state index contributed by atoms with van der Waals surface area (Å²) in [5, 5.41) is 13.3. The van der Waals surface area contributed by atoms with Crippen LogP contribution in [0.15, 0.2) is 48.5 Å². The summed E-state index contributed by atoms with van der Waals surface area (Å²) in [4.78, 5) is 16.3. The SMILES string of the molecule is Cc1nc(C(=O)NCC(N)C(F)(F)F)c(O)c2ccc(Oc3ccccc3)cc12. The number of para-hydroxylation sites is 1. The Morgan fingerprint density at radius 2 is 1.86 bits per heavy atom. The molecule has 1 heterocycles. The minimum absolute atomic E-state index is 0.322. The van der Waals surface area contributed by atoms with Crippen molar-refractivity contribution in [3.63, 3.8) is 0 Å². The van der Waals surface area contributed by atoms with Crippen molar-refractivity contribution in [1.29, 1.82) is 0 Å². The third kappa shape index (κ3) is 4.57. The molecule has 0 radical (unpaired) electrons. The maximum Gasteiger partial charge on any atom is 0.405 e. The van der Waals surface area contributed by atoms with Crippen molar-refractivity contribution in [3.05, 3.63) is 59.9 Å². The summed E-state index contributed by atoms with van der Waals surface area (Å²) in [5.74, 6) is -0.258. The lowest BCUT2D eigenvalue weighted by Gasteiger charge is -2.16. The number of alkyl halides is 3. The molecule has 29 heavy (non-hydrogen) atoms. The highest BCUT2D eigenvalue weighted by molar-refractivity contribution is 6.02. The van der Waals surface area contributed by atoms with E-state index in [1.807, 2.05) is 18.2 Å². The van der Waals surface area contributed by atoms with Crippen LogP contribution in [0, 0.1) is 6.92 Å². The second kappa shape index (κ2) is 7.96. The van der Waals surface area contributed by atoms with E-state index in [2.05, 4.69) is 10.3 Å². The Morgan fingerprint density at radius 1 is 1.17 bits per heavy atom. The van der Waals surface area contributed by atoms with E-state index in [9.17, 15) is 23.1 Å². The van der Waals surface area contributed by atoms with E-state index < -0.39 is 30.4 Å². The van der Waals surface area contributed by atoms with Gasteiger partial charge in [0.2, 0.25) is 0 Å². The van der Waals surface area contributed by atoms with E-state index in [0.29, 0.717) is 28.0 Å². The zero-order chi connectivity index (χ0) is 21.2. The zero-order valence-corrected chi connectivity index (χ0v) is 15.3. The topological polar surface area (TPSA) is 97.5 Å². The average molecular weight is 405 g/mol. The molecule has 1 unspecified atom stereocenters. The predicted molar refractivity (Wildman–Crippen MR) is 101 cm³/mol. The van der Waals surface area contributed by atoms with Crippen molar-refractivity contribution >= 4 is 16.7 Å². The summed E-state index contributed by atoms with van der Waals surface area (Å²) in [7, 11) is 0. The van der Waals surface area contributed by atoms with Gasteiger partial charge in [-0.2, -0.15) is 13.2 Å². The van der Waals surface area contributed by atoms with Gasteiger partial charge in [-0.15, -0.1) is 0 Å². The molecule has 0 saturated carbocycles. The van der Waals surface area contributed by atoms with Crippen molar-refractivity contribution in [3.8, 4) is 17.2 Å². The quantitative estimate of drug-likeness (QED) is 0.602. The second-order valence-corrected chi connectivity index (χ2v) is 6.38. The van der Waals surface area contributed by atoms with Crippen LogP contribution in [0.5, 0.6) is 17.2 Å². The van der Waals surface area contributed by atoms with E-state index in [4.69, 9.17) is 10.5 Å². The molecular weight excluding hydrogens is 387 g/mol. The van der Waals surface area contributed by atoms with Crippen molar-refractivity contribution in [1.82, 2.24) is 10.3 Å². The summed E-state index contributed by atoms with van der Waals surface area (Å²) in [6.45, 7) is 0.788. The molecule has 4 N–H and O–H groups in total. The fourth-order valence-corrected chi connectivity index (χ4v) is 2.69. The number of ether oxygens (including phenoxy) is 1. The molecule has 0 aliphatic rings. The van der Waals surface area contributed by atoms with Crippen LogP contribution >= 0.6 is 0 Å². The molecule has 1 atom stereocenters. The van der Waals surface area contributed by atoms with E-state index in [-0.39, 0.29) is 5.69 Å². The maximum absolute atomic E-state index is 12.5. The first-order valence-corrected chi connectivity index (χ1v) is 8.63. The Bertz CT molecular complexity index is 1040. The average Bonchev–Trinajstić information content (AvgIpc) is 2.68. The number of carbonyl (C=O) groups is 1. The van der Waals surface area contributed by atoms with E-state index in [1.54, 1.807) is 37.3 Å². The van der Waals surface area contributed by atoms with Gasteiger partial charge in [-0.3, -0.25) is 4.79 Å². The second-order valence-electron chi connectivity index (χ2n) is 6.38. The Labute approximate surface area is 164 Å². The van der Waals surface area contributed by atoms with Crippen molar-refractivity contribution in [2.45, 2.75) is 19.1 Å². The Kier molecular flexibility index (Phi) is 5.60. The van der Waals surface area contributed by atoms with Gasteiger partial charge in [-0.05, 0) is 37.3 Å². The van der Waals surface area contributed by atoms with Crippen LogP contribution in [-0.4, -0.2) is 34.8 Å². The van der Waals surface area contributed by atoms with Crippen molar-refractivity contribution in [2.75, 3.05) is 6.54 Å². The number of pyridine rings is 1. The molecule has 0 aliphatic heterocycles. The van der Waals surface area contributed by atoms with E-state index >= 15 is 0 Å². The highest BCUT2D eigenvalue weighted by Gasteiger charge is 2.37. The van der Waals surface area contributed by atoms with E-state index in [1.165, 1.54) is 0 Å². The Balaban J connectivity index is 1.86. The molecule has 9 heteroatoms. The van der Waals surface area contributed by atoms with Gasteiger partial charge in [0.1, 0.15) is 17.5 Å². The largest absolute Gasteiger partial charge is 0.505 e. The number of nitrogens with zero attached hydrogens (tertiary/aromatic N) is 1. The maximum atomic E-state index is 12.5. The number of rotatable bonds is 5. The van der Waals surface area contributed by atoms with Crippen LogP contribution in [0.2, 0.25) is 0 Å². The van der Waals surface area contributed by atoms with E-state index in [0.717, 1.165) is 0 Å². The minimum atomic E-state index is -4.64. The lowest BCUT2D eigenvalue weighted by Crippen LogP contribution is -2.46. The molecule has 2 aromatic carbocycles. The molecule has 3 aromatic rings. The Hall–Kier alpha value is -3.33. The molecule has 6 nitrogen and oxygen atoms in total. The third-order valence-corrected chi connectivity index (χ3v) is 4.24. The number of fused-ring (bicyclic) bond motifs is 1. The summed E-state index contributed by atoms with van der Waals surface area (Å²) < 4.78 is 43.2. The van der Waals surface area contributed by atoms with Crippen molar-refractivity contribution < 1.29 is 27.8 Å². The molecule has 0 spiro atoms. The van der Waals surface area contributed by atoms with Gasteiger partial charge in [-0.25, -0.2) is 4.98 Å². The lowest BCUT2D eigenvalue weighted by molar-refractivity contribution is -0.146. The predicted octanol–water partition coefficient (Wildman–Crippen LogP) is 3.66. The molecular formula is C20H18F3N3O3. The normalized spacial score (nSPS) is 12.6. The number of aryl methyl sites for hydroxylation is 1. The molecule has 3 rings (SSSR count). The smallest absolute Gasteiger partial charge is 0.405 e. The number of hydrogen-bond donors (Lipinski definition) is 3. The van der Waals surface area contributed by atoms with Crippen molar-refractivity contribution in [2.24, 2.45) is 5.73 Å². The summed E-state index contributed by atoms with van der Waals surface area (Å²) in [6, 6.07) is 11.7. The van der Waals surface area contributed by atoms with Gasteiger partial charge in [-0.1, -0.05) is 18.2 Å². The highest BCUT2D eigenvalue weighted by atomic mass is 19.4. The molecule has 1 amide bonds. The molecule has 0 bridgehead atoms. The standard InChI is InChI=1S/C20H18F3N3O3/c1-11-15-9-13(29-12-5-3-2-4-6-12)7-8-14(15)18(27)17(26-11)19(28)25-10-16(24)20(21,22)23/h2-9,16,27H,10,24H2,1H3,(H,25,28). The van der Waals surface area contributed by atoms with Crippen LogP contribution in [0.25, 0.3) is 10.8 Å². The fourth-order valence-electron chi connectivity index (χ4n) is 2.69. The highest BCUT2D eigenvalue weighted by Crippen LogP contribution is 2.33. The zero-order valence-electron chi connectivity index (χ0n) is 15.3. The first-order chi connectivity index (χ1) is 13.7. The van der Waals surface area contributed by atoms with Gasteiger partial charge < -0.3 is 20.9 Å².